The molecular weight excluding hydrogens is 650 g/mol. The van der Waals surface area contributed by atoms with Crippen molar-refractivity contribution < 1.29 is 54.0 Å². The van der Waals surface area contributed by atoms with Gasteiger partial charge < -0.3 is 58.5 Å². The zero-order valence-corrected chi connectivity index (χ0v) is 28.2. The third-order valence-electron chi connectivity index (χ3n) is 7.42. The first-order chi connectivity index (χ1) is 22.9. The lowest BCUT2D eigenvalue weighted by atomic mass is 10.0. The molecule has 276 valence electrons. The van der Waals surface area contributed by atoms with Crippen LogP contribution in [0.3, 0.4) is 0 Å². The molecule has 1 heterocycles. The maximum Gasteiger partial charge on any atom is 0.328 e. The number of hydrazone groups is 1. The van der Waals surface area contributed by atoms with Gasteiger partial charge in [0.05, 0.1) is 19.8 Å². The SMILES string of the molecule is CCC[C@H](NC(=O)[C@@H]1CCC=NN1C(=O)[C@@H](NC(=O)[C@H](C)NC(=O)C(N)(CO)CO)[C@H](C)N)C(=O)NC(C(=O)N[C@@H](CO)C(=O)O)=C(C)C. The molecule has 13 N–H and O–H groups in total. The minimum absolute atomic E-state index is 0.0773. The lowest BCUT2D eigenvalue weighted by Gasteiger charge is -2.34. The topological polar surface area (TPSA) is 328 Å². The number of rotatable bonds is 18. The van der Waals surface area contributed by atoms with E-state index in [1.807, 2.05) is 0 Å². The Hall–Kier alpha value is -4.50. The Kier molecular flexibility index (Phi) is 16.9. The van der Waals surface area contributed by atoms with Crippen molar-refractivity contribution in [3.05, 3.63) is 11.3 Å². The van der Waals surface area contributed by atoms with Gasteiger partial charge in [-0.3, -0.25) is 28.8 Å². The fraction of sp³-hybridized carbons (Fsp3) is 0.655. The molecule has 6 atom stereocenters. The van der Waals surface area contributed by atoms with E-state index in [4.69, 9.17) is 16.6 Å². The van der Waals surface area contributed by atoms with E-state index in [9.17, 15) is 48.9 Å². The first kappa shape index (κ1) is 42.5. The Bertz CT molecular complexity index is 1300. The second kappa shape index (κ2) is 19.5. The van der Waals surface area contributed by atoms with Gasteiger partial charge in [-0.1, -0.05) is 13.3 Å². The smallest absolute Gasteiger partial charge is 0.328 e. The number of nitrogens with one attached hydrogen (secondary N) is 5. The summed E-state index contributed by atoms with van der Waals surface area (Å²) in [5.74, 6) is -6.85. The molecule has 49 heavy (non-hydrogen) atoms. The number of allylic oxidation sites excluding steroid dienone is 1. The highest BCUT2D eigenvalue weighted by molar-refractivity contribution is 6.02. The Morgan fingerprint density at radius 3 is 2.06 bits per heavy atom. The van der Waals surface area contributed by atoms with Crippen LogP contribution in [0.1, 0.15) is 60.3 Å². The third-order valence-corrected chi connectivity index (χ3v) is 7.42. The van der Waals surface area contributed by atoms with Gasteiger partial charge >= 0.3 is 5.97 Å². The minimum Gasteiger partial charge on any atom is -0.480 e. The van der Waals surface area contributed by atoms with Gasteiger partial charge in [0.1, 0.15) is 35.4 Å². The number of aliphatic carboxylic acids is 1. The normalized spacial score (nSPS) is 17.3. The standard InChI is InChI=1S/C29H49N9O11/c1-6-8-17(23(43)36-20(14(2)3)25(45)35-18(11-39)27(47)48)34-24(44)19-9-7-10-32-38(19)26(46)21(15(4)30)37-22(42)16(5)33-28(49)29(31,12-40)13-41/h10,15-19,21,39-41H,6-9,11-13,30-31H2,1-5H3,(H,33,49)(H,34,44)(H,35,45)(H,36,43)(H,37,42)(H,47,48)/t15-,16-,17-,18-,19-,21-/m0/s1. The predicted octanol–water partition coefficient (Wildman–Crippen LogP) is -4.76. The van der Waals surface area contributed by atoms with E-state index < -0.39 is 103 Å². The summed E-state index contributed by atoms with van der Waals surface area (Å²) in [6.45, 7) is 4.66. The second-order valence-electron chi connectivity index (χ2n) is 11.8. The molecule has 0 spiro atoms. The molecule has 1 aliphatic heterocycles. The van der Waals surface area contributed by atoms with Crippen LogP contribution < -0.4 is 38.1 Å². The van der Waals surface area contributed by atoms with Crippen molar-refractivity contribution in [2.75, 3.05) is 19.8 Å². The molecule has 1 rings (SSSR count). The fourth-order valence-electron chi connectivity index (χ4n) is 4.33. The Morgan fingerprint density at radius 1 is 0.959 bits per heavy atom. The van der Waals surface area contributed by atoms with Crippen molar-refractivity contribution in [2.24, 2.45) is 16.6 Å². The highest BCUT2D eigenvalue weighted by Crippen LogP contribution is 2.16. The van der Waals surface area contributed by atoms with E-state index in [0.29, 0.717) is 12.0 Å². The predicted molar refractivity (Wildman–Crippen MR) is 173 cm³/mol. The first-order valence-corrected chi connectivity index (χ1v) is 15.5. The fourth-order valence-corrected chi connectivity index (χ4v) is 4.33. The molecule has 0 saturated carbocycles. The number of nitrogens with zero attached hydrogens (tertiary/aromatic N) is 2. The number of aliphatic hydroxyl groups is 3. The molecular formula is C29H49N9O11. The Morgan fingerprint density at radius 2 is 1.57 bits per heavy atom. The summed E-state index contributed by atoms with van der Waals surface area (Å²) in [7, 11) is 0. The molecule has 0 unspecified atom stereocenters. The van der Waals surface area contributed by atoms with E-state index >= 15 is 0 Å². The molecule has 0 saturated heterocycles. The van der Waals surface area contributed by atoms with Gasteiger partial charge in [-0.25, -0.2) is 9.80 Å². The number of carboxylic acids is 1. The van der Waals surface area contributed by atoms with Crippen molar-refractivity contribution in [3.8, 4) is 0 Å². The van der Waals surface area contributed by atoms with Crippen molar-refractivity contribution in [1.29, 1.82) is 0 Å². The maximum absolute atomic E-state index is 13.7. The van der Waals surface area contributed by atoms with Gasteiger partial charge in [0.2, 0.25) is 23.6 Å². The molecule has 20 nitrogen and oxygen atoms in total. The Balaban J connectivity index is 3.16. The number of carbonyl (C=O) groups is 7. The second-order valence-corrected chi connectivity index (χ2v) is 11.8. The van der Waals surface area contributed by atoms with Crippen LogP contribution in [0.4, 0.5) is 0 Å². The molecule has 0 bridgehead atoms. The number of nitrogens with two attached hydrogens (primary N) is 2. The van der Waals surface area contributed by atoms with Crippen molar-refractivity contribution in [1.82, 2.24) is 31.6 Å². The maximum atomic E-state index is 13.7. The van der Waals surface area contributed by atoms with Gasteiger partial charge in [0, 0.05) is 12.3 Å². The average molecular weight is 700 g/mol. The summed E-state index contributed by atoms with van der Waals surface area (Å²) in [6.07, 6.45) is 2.24. The van der Waals surface area contributed by atoms with Crippen LogP contribution in [0.15, 0.2) is 16.4 Å². The summed E-state index contributed by atoms with van der Waals surface area (Å²) < 4.78 is 0. The molecule has 0 aromatic carbocycles. The lowest BCUT2D eigenvalue weighted by molar-refractivity contribution is -0.145. The van der Waals surface area contributed by atoms with E-state index in [-0.39, 0.29) is 25.0 Å². The van der Waals surface area contributed by atoms with Gasteiger partial charge in [-0.2, -0.15) is 5.10 Å². The third kappa shape index (κ3) is 11.9. The molecule has 0 radical (unpaired) electrons. The van der Waals surface area contributed by atoms with E-state index in [1.54, 1.807) is 6.92 Å². The molecule has 0 aromatic rings. The summed E-state index contributed by atoms with van der Waals surface area (Å²) in [4.78, 5) is 89.8. The number of carboxylic acid groups (broad SMARTS) is 1. The zero-order chi connectivity index (χ0) is 37.6. The van der Waals surface area contributed by atoms with Crippen LogP contribution in [0.2, 0.25) is 0 Å². The van der Waals surface area contributed by atoms with Gasteiger partial charge in [-0.15, -0.1) is 0 Å². The Labute approximate surface area is 283 Å². The van der Waals surface area contributed by atoms with Crippen LogP contribution in [-0.2, 0) is 33.6 Å². The molecule has 6 amide bonds. The molecule has 0 fully saturated rings. The van der Waals surface area contributed by atoms with E-state index in [0.717, 1.165) is 5.01 Å². The quantitative estimate of drug-likeness (QED) is 0.0600. The highest BCUT2D eigenvalue weighted by atomic mass is 16.4. The molecule has 20 heteroatoms. The van der Waals surface area contributed by atoms with Crippen LogP contribution >= 0.6 is 0 Å². The molecule has 0 aliphatic carbocycles. The number of hydrogen-bond acceptors (Lipinski definition) is 13. The van der Waals surface area contributed by atoms with Crippen LogP contribution in [-0.4, -0.2) is 135 Å². The highest BCUT2D eigenvalue weighted by Gasteiger charge is 2.40. The first-order valence-electron chi connectivity index (χ1n) is 15.5. The largest absolute Gasteiger partial charge is 0.480 e. The summed E-state index contributed by atoms with van der Waals surface area (Å²) in [5, 5.41) is 53.7. The zero-order valence-electron chi connectivity index (χ0n) is 28.2. The van der Waals surface area contributed by atoms with Crippen molar-refractivity contribution >= 4 is 47.6 Å². The number of aliphatic hydroxyl groups excluding tert-OH is 3. The summed E-state index contributed by atoms with van der Waals surface area (Å²) in [5.41, 5.74) is 9.59. The molecule has 0 aromatic heterocycles. The van der Waals surface area contributed by atoms with Crippen LogP contribution in [0.5, 0.6) is 0 Å². The van der Waals surface area contributed by atoms with Crippen LogP contribution in [0.25, 0.3) is 0 Å². The van der Waals surface area contributed by atoms with Gasteiger partial charge in [-0.05, 0) is 52.5 Å². The monoisotopic (exact) mass is 699 g/mol. The van der Waals surface area contributed by atoms with Crippen molar-refractivity contribution in [3.63, 3.8) is 0 Å². The lowest BCUT2D eigenvalue weighted by Crippen LogP contribution is -2.64. The van der Waals surface area contributed by atoms with Gasteiger partial charge in [0.25, 0.3) is 11.8 Å². The average Bonchev–Trinajstić information content (AvgIpc) is 3.06. The van der Waals surface area contributed by atoms with E-state index in [1.165, 1.54) is 33.9 Å². The van der Waals surface area contributed by atoms with Crippen LogP contribution in [0, 0.1) is 0 Å². The van der Waals surface area contributed by atoms with Gasteiger partial charge in [0.15, 0.2) is 6.04 Å². The van der Waals surface area contributed by atoms with E-state index in [2.05, 4.69) is 31.7 Å². The number of amides is 6. The molecule has 1 aliphatic rings. The number of carbonyl (C=O) groups excluding carboxylic acids is 6. The minimum atomic E-state index is -2.07. The number of hydrogen-bond donors (Lipinski definition) is 11. The summed E-state index contributed by atoms with van der Waals surface area (Å²) >= 11 is 0. The summed E-state index contributed by atoms with van der Waals surface area (Å²) in [6, 6.07) is -7.86. The van der Waals surface area contributed by atoms with Crippen molar-refractivity contribution in [2.45, 2.75) is 102 Å².